The molecule has 4 nitrogen and oxygen atoms in total. The number of aliphatic hydroxyl groups is 1. The molecular weight excluding hydrogens is 533 g/mol. The molecular formula is C25H26F9NO3. The van der Waals surface area contributed by atoms with Crippen LogP contribution >= 0.6 is 0 Å². The summed E-state index contributed by atoms with van der Waals surface area (Å²) in [6.45, 7) is -1.64. The van der Waals surface area contributed by atoms with Crippen molar-refractivity contribution in [3.05, 3.63) is 54.1 Å². The summed E-state index contributed by atoms with van der Waals surface area (Å²) in [6.07, 6.45) is -15.9. The summed E-state index contributed by atoms with van der Waals surface area (Å²) < 4.78 is 129. The van der Waals surface area contributed by atoms with Crippen molar-refractivity contribution in [2.75, 3.05) is 11.4 Å². The predicted molar refractivity (Wildman–Crippen MR) is 120 cm³/mol. The Kier molecular flexibility index (Phi) is 9.32. The Balaban J connectivity index is 1.88. The number of anilines is 1. The second-order valence-corrected chi connectivity index (χ2v) is 9.08. The van der Waals surface area contributed by atoms with Gasteiger partial charge in [0.25, 0.3) is 0 Å². The van der Waals surface area contributed by atoms with E-state index >= 15 is 0 Å². The van der Waals surface area contributed by atoms with Crippen molar-refractivity contribution in [2.45, 2.75) is 69.6 Å². The van der Waals surface area contributed by atoms with Gasteiger partial charge in [0.15, 0.2) is 6.10 Å². The highest BCUT2D eigenvalue weighted by molar-refractivity contribution is 5.52. The topological polar surface area (TPSA) is 41.9 Å². The fraction of sp³-hybridized carbons (Fsp3) is 0.520. The lowest BCUT2D eigenvalue weighted by Crippen LogP contribution is -2.55. The third-order valence-corrected chi connectivity index (χ3v) is 6.20. The summed E-state index contributed by atoms with van der Waals surface area (Å²) in [5, 5.41) is 9.70. The van der Waals surface area contributed by atoms with Crippen molar-refractivity contribution in [2.24, 2.45) is 5.92 Å². The summed E-state index contributed by atoms with van der Waals surface area (Å²) in [5.74, 6) is -1.49. The SMILES string of the molecule is OC(CN(c1cccc(OCc2cccc(OC(F)(F)F)c2)c1)C(C1CCCCC1)C(F)(F)F)C(F)(F)F. The molecule has 13 heteroatoms. The first kappa shape index (κ1) is 29.7. The molecule has 3 rings (SSSR count). The quantitative estimate of drug-likeness (QED) is 0.325. The molecule has 212 valence electrons. The van der Waals surface area contributed by atoms with Crippen molar-refractivity contribution < 1.29 is 54.1 Å². The Morgan fingerprint density at radius 2 is 1.45 bits per heavy atom. The minimum absolute atomic E-state index is 0.0271. The predicted octanol–water partition coefficient (Wildman–Crippen LogP) is 7.41. The highest BCUT2D eigenvalue weighted by atomic mass is 19.4. The standard InChI is InChI=1S/C25H26F9NO3/c26-23(27,28)21(36)14-35(22(24(29,30)31)17-7-2-1-3-8-17)18-9-5-10-19(13-18)37-15-16-6-4-11-20(12-16)38-25(32,33)34/h4-6,9-13,17,21-22,36H,1-3,7-8,14-15H2. The van der Waals surface area contributed by atoms with Crippen LogP contribution in [0.25, 0.3) is 0 Å². The van der Waals surface area contributed by atoms with Gasteiger partial charge in [-0.2, -0.15) is 26.3 Å². The van der Waals surface area contributed by atoms with Gasteiger partial charge < -0.3 is 19.5 Å². The number of hydrogen-bond acceptors (Lipinski definition) is 4. The van der Waals surface area contributed by atoms with Crippen LogP contribution in [0.15, 0.2) is 48.5 Å². The molecule has 1 aliphatic carbocycles. The first-order valence-corrected chi connectivity index (χ1v) is 11.8. The van der Waals surface area contributed by atoms with Crippen LogP contribution in [0.4, 0.5) is 45.2 Å². The van der Waals surface area contributed by atoms with Crippen molar-refractivity contribution in [1.82, 2.24) is 0 Å². The first-order valence-electron chi connectivity index (χ1n) is 11.8. The van der Waals surface area contributed by atoms with Crippen LogP contribution in [0, 0.1) is 5.92 Å². The monoisotopic (exact) mass is 559 g/mol. The minimum atomic E-state index is -5.14. The molecule has 0 bridgehead atoms. The summed E-state index contributed by atoms with van der Waals surface area (Å²) in [7, 11) is 0. The van der Waals surface area contributed by atoms with Crippen LogP contribution in [-0.2, 0) is 6.61 Å². The van der Waals surface area contributed by atoms with Crippen molar-refractivity contribution in [3.8, 4) is 11.5 Å². The highest BCUT2D eigenvalue weighted by Gasteiger charge is 2.50. The molecule has 1 aliphatic rings. The van der Waals surface area contributed by atoms with Gasteiger partial charge in [-0.25, -0.2) is 0 Å². The summed E-state index contributed by atoms with van der Waals surface area (Å²) in [6, 6.07) is 7.52. The normalized spacial score (nSPS) is 17.1. The van der Waals surface area contributed by atoms with E-state index in [4.69, 9.17) is 4.74 Å². The number of nitrogens with zero attached hydrogens (tertiary/aromatic N) is 1. The van der Waals surface area contributed by atoms with E-state index in [1.165, 1.54) is 30.3 Å². The lowest BCUT2D eigenvalue weighted by Gasteiger charge is -2.42. The third kappa shape index (κ3) is 8.60. The number of aliphatic hydroxyl groups excluding tert-OH is 1. The maximum atomic E-state index is 14.3. The van der Waals surface area contributed by atoms with Crippen molar-refractivity contribution in [3.63, 3.8) is 0 Å². The van der Waals surface area contributed by atoms with Gasteiger partial charge in [-0.15, -0.1) is 13.2 Å². The van der Waals surface area contributed by atoms with E-state index in [0.29, 0.717) is 17.7 Å². The Morgan fingerprint density at radius 1 is 0.816 bits per heavy atom. The Bertz CT molecular complexity index is 1030. The first-order chi connectivity index (χ1) is 17.6. The maximum absolute atomic E-state index is 14.3. The van der Waals surface area contributed by atoms with Gasteiger partial charge in [-0.1, -0.05) is 37.5 Å². The highest BCUT2D eigenvalue weighted by Crippen LogP contribution is 2.41. The molecule has 0 radical (unpaired) electrons. The molecule has 2 unspecified atom stereocenters. The molecule has 1 fully saturated rings. The second-order valence-electron chi connectivity index (χ2n) is 9.08. The average molecular weight is 559 g/mol. The number of benzene rings is 2. The van der Waals surface area contributed by atoms with Gasteiger partial charge in [-0.05, 0) is 48.6 Å². The van der Waals surface area contributed by atoms with Gasteiger partial charge in [0.1, 0.15) is 24.1 Å². The molecule has 1 saturated carbocycles. The van der Waals surface area contributed by atoms with Crippen molar-refractivity contribution in [1.29, 1.82) is 0 Å². The van der Waals surface area contributed by atoms with Gasteiger partial charge in [0.2, 0.25) is 0 Å². The number of halogens is 9. The smallest absolute Gasteiger partial charge is 0.489 e. The lowest BCUT2D eigenvalue weighted by molar-refractivity contribution is -0.274. The number of alkyl halides is 9. The van der Waals surface area contributed by atoms with Gasteiger partial charge in [-0.3, -0.25) is 0 Å². The average Bonchev–Trinajstić information content (AvgIpc) is 2.81. The molecule has 0 heterocycles. The molecule has 2 atom stereocenters. The Hall–Kier alpha value is -2.83. The van der Waals surface area contributed by atoms with Crippen molar-refractivity contribution >= 4 is 5.69 Å². The molecule has 0 spiro atoms. The van der Waals surface area contributed by atoms with E-state index in [0.717, 1.165) is 24.6 Å². The summed E-state index contributed by atoms with van der Waals surface area (Å²) in [5.41, 5.74) is 0.00438. The molecule has 0 aliphatic heterocycles. The van der Waals surface area contributed by atoms with Gasteiger partial charge >= 0.3 is 18.7 Å². The fourth-order valence-corrected chi connectivity index (χ4v) is 4.57. The zero-order valence-corrected chi connectivity index (χ0v) is 19.9. The van der Waals surface area contributed by atoms with E-state index in [1.807, 2.05) is 0 Å². The van der Waals surface area contributed by atoms with Gasteiger partial charge in [0, 0.05) is 11.8 Å². The van der Waals surface area contributed by atoms with E-state index in [9.17, 15) is 44.6 Å². The maximum Gasteiger partial charge on any atom is 0.573 e. The largest absolute Gasteiger partial charge is 0.573 e. The van der Waals surface area contributed by atoms with Crippen LogP contribution in [0.3, 0.4) is 0 Å². The number of hydrogen-bond donors (Lipinski definition) is 1. The molecule has 2 aromatic rings. The molecule has 1 N–H and O–H groups in total. The molecule has 0 saturated heterocycles. The minimum Gasteiger partial charge on any atom is -0.489 e. The summed E-state index contributed by atoms with van der Waals surface area (Å²) >= 11 is 0. The van der Waals surface area contributed by atoms with Gasteiger partial charge in [0.05, 0.1) is 6.54 Å². The molecule has 38 heavy (non-hydrogen) atoms. The fourth-order valence-electron chi connectivity index (χ4n) is 4.57. The zero-order valence-electron chi connectivity index (χ0n) is 19.9. The van der Waals surface area contributed by atoms with Crippen LogP contribution < -0.4 is 14.4 Å². The van der Waals surface area contributed by atoms with Crippen LogP contribution in [-0.4, -0.2) is 42.5 Å². The summed E-state index contributed by atoms with van der Waals surface area (Å²) in [4.78, 5) is 0.527. The number of ether oxygens (including phenoxy) is 2. The Labute approximate surface area is 212 Å². The third-order valence-electron chi connectivity index (χ3n) is 6.20. The van der Waals surface area contributed by atoms with E-state index in [2.05, 4.69) is 4.74 Å². The van der Waals surface area contributed by atoms with E-state index < -0.39 is 49.1 Å². The van der Waals surface area contributed by atoms with Crippen LogP contribution in [0.2, 0.25) is 0 Å². The molecule has 0 amide bonds. The molecule has 2 aromatic carbocycles. The van der Waals surface area contributed by atoms with Crippen LogP contribution in [0.5, 0.6) is 11.5 Å². The number of rotatable bonds is 9. The lowest BCUT2D eigenvalue weighted by atomic mass is 9.82. The van der Waals surface area contributed by atoms with E-state index in [1.54, 1.807) is 0 Å². The molecule has 0 aromatic heterocycles. The zero-order chi connectivity index (χ0) is 28.1. The van der Waals surface area contributed by atoms with Crippen LogP contribution in [0.1, 0.15) is 37.7 Å². The van der Waals surface area contributed by atoms with E-state index in [-0.39, 0.29) is 36.4 Å². The second kappa shape index (κ2) is 11.9. The Morgan fingerprint density at radius 3 is 2.05 bits per heavy atom.